The molecule has 1 aliphatic rings. The third-order valence-electron chi connectivity index (χ3n) is 4.02. The van der Waals surface area contributed by atoms with Crippen molar-refractivity contribution in [1.82, 2.24) is 0 Å². The predicted molar refractivity (Wildman–Crippen MR) is 83.8 cm³/mol. The minimum Gasteiger partial charge on any atom is -0.482 e. The van der Waals surface area contributed by atoms with E-state index in [2.05, 4.69) is 33.9 Å². The molecule has 0 saturated carbocycles. The number of hydrogen-bond acceptors (Lipinski definition) is 3. The Hall–Kier alpha value is -1.26. The smallest absolute Gasteiger partial charge is 0.192 e. The highest BCUT2D eigenvalue weighted by molar-refractivity contribution is 6.74. The zero-order chi connectivity index (χ0) is 14.8. The zero-order valence-electron chi connectivity index (χ0n) is 13.0. The summed E-state index contributed by atoms with van der Waals surface area (Å²) in [5.74, 6) is 2.40. The number of hydrogen-bond donors (Lipinski definition) is 0. The Kier molecular flexibility index (Phi) is 4.25. The molecule has 0 N–H and O–H groups in total. The van der Waals surface area contributed by atoms with Crippen molar-refractivity contribution in [3.05, 3.63) is 36.1 Å². The summed E-state index contributed by atoms with van der Waals surface area (Å²) < 4.78 is 17.6. The van der Waals surface area contributed by atoms with Crippen LogP contribution in [0, 0.1) is 0 Å². The minimum absolute atomic E-state index is 0.224. The van der Waals surface area contributed by atoms with Crippen LogP contribution in [0.2, 0.25) is 18.1 Å². The van der Waals surface area contributed by atoms with Crippen LogP contribution in [-0.2, 0) is 4.43 Å². The molecule has 0 amide bonds. The molecule has 1 heterocycles. The number of para-hydroxylation sites is 2. The van der Waals surface area contributed by atoms with Gasteiger partial charge >= 0.3 is 0 Å². The van der Waals surface area contributed by atoms with Gasteiger partial charge in [-0.25, -0.2) is 0 Å². The quantitative estimate of drug-likeness (QED) is 0.775. The molecule has 0 fully saturated rings. The monoisotopic (exact) mass is 292 g/mol. The normalized spacial score (nSPS) is 17.4. The second-order valence-corrected chi connectivity index (χ2v) is 11.4. The fraction of sp³-hybridized carbons (Fsp3) is 0.500. The first kappa shape index (κ1) is 15.1. The van der Waals surface area contributed by atoms with E-state index in [0.29, 0.717) is 13.2 Å². The maximum atomic E-state index is 6.11. The van der Waals surface area contributed by atoms with E-state index in [-0.39, 0.29) is 5.04 Å². The summed E-state index contributed by atoms with van der Waals surface area (Å²) in [5, 5.41) is 0.224. The largest absolute Gasteiger partial charge is 0.482 e. The Morgan fingerprint density at radius 3 is 2.50 bits per heavy atom. The van der Waals surface area contributed by atoms with Crippen molar-refractivity contribution in [2.45, 2.75) is 38.9 Å². The fourth-order valence-corrected chi connectivity index (χ4v) is 2.57. The van der Waals surface area contributed by atoms with Gasteiger partial charge in [-0.05, 0) is 36.3 Å². The van der Waals surface area contributed by atoms with Crippen molar-refractivity contribution >= 4 is 8.32 Å². The van der Waals surface area contributed by atoms with Gasteiger partial charge < -0.3 is 13.9 Å². The average molecular weight is 292 g/mol. The number of benzene rings is 1. The van der Waals surface area contributed by atoms with E-state index in [9.17, 15) is 0 Å². The molecule has 2 rings (SSSR count). The van der Waals surface area contributed by atoms with Gasteiger partial charge in [0.15, 0.2) is 19.8 Å². The van der Waals surface area contributed by atoms with Crippen LogP contribution >= 0.6 is 0 Å². The lowest BCUT2D eigenvalue weighted by atomic mass is 10.2. The molecule has 0 radical (unpaired) electrons. The summed E-state index contributed by atoms with van der Waals surface area (Å²) in [5.41, 5.74) is 0. The van der Waals surface area contributed by atoms with Crippen molar-refractivity contribution in [2.75, 3.05) is 13.2 Å². The summed E-state index contributed by atoms with van der Waals surface area (Å²) in [6.45, 7) is 12.3. The topological polar surface area (TPSA) is 27.7 Å². The third kappa shape index (κ3) is 3.44. The Labute approximate surface area is 122 Å². The summed E-state index contributed by atoms with van der Waals surface area (Å²) in [6, 6.07) is 7.71. The lowest BCUT2D eigenvalue weighted by molar-refractivity contribution is 0.227. The van der Waals surface area contributed by atoms with Gasteiger partial charge in [0, 0.05) is 0 Å². The molecule has 4 heteroatoms. The molecule has 110 valence electrons. The summed E-state index contributed by atoms with van der Waals surface area (Å²) >= 11 is 0. The van der Waals surface area contributed by atoms with Crippen molar-refractivity contribution < 1.29 is 13.9 Å². The van der Waals surface area contributed by atoms with Gasteiger partial charge in [0.05, 0.1) is 6.61 Å². The van der Waals surface area contributed by atoms with Gasteiger partial charge in [0.1, 0.15) is 12.4 Å². The van der Waals surface area contributed by atoms with E-state index in [0.717, 1.165) is 17.3 Å². The Bertz CT molecular complexity index is 501. The predicted octanol–water partition coefficient (Wildman–Crippen LogP) is 4.36. The van der Waals surface area contributed by atoms with Crippen molar-refractivity contribution in [1.29, 1.82) is 0 Å². The van der Waals surface area contributed by atoms with E-state index in [1.807, 2.05) is 30.3 Å². The van der Waals surface area contributed by atoms with E-state index < -0.39 is 8.32 Å². The van der Waals surface area contributed by atoms with Gasteiger partial charge in [-0.1, -0.05) is 32.9 Å². The lowest BCUT2D eigenvalue weighted by Gasteiger charge is -2.35. The summed E-state index contributed by atoms with van der Waals surface area (Å²) in [6.07, 6.45) is 1.98. The van der Waals surface area contributed by atoms with E-state index >= 15 is 0 Å². The first-order valence-corrected chi connectivity index (χ1v) is 9.93. The lowest BCUT2D eigenvalue weighted by Crippen LogP contribution is -2.40. The van der Waals surface area contributed by atoms with Gasteiger partial charge in [-0.15, -0.1) is 0 Å². The van der Waals surface area contributed by atoms with Gasteiger partial charge in [0.25, 0.3) is 0 Å². The standard InChI is InChI=1S/C16H24O3Si/c1-16(2,3)20(4,5)18-11-10-13-12-17-14-8-6-7-9-15(14)19-13/h6-10H,11-12H2,1-5H3/b13-10+. The summed E-state index contributed by atoms with van der Waals surface area (Å²) in [7, 11) is -1.70. The molecule has 0 unspecified atom stereocenters. The molecule has 3 nitrogen and oxygen atoms in total. The first-order chi connectivity index (χ1) is 9.29. The molecule has 0 spiro atoms. The molecular formula is C16H24O3Si. The second-order valence-electron chi connectivity index (χ2n) is 6.58. The van der Waals surface area contributed by atoms with Crippen molar-refractivity contribution in [2.24, 2.45) is 0 Å². The van der Waals surface area contributed by atoms with Crippen LogP contribution < -0.4 is 9.47 Å². The van der Waals surface area contributed by atoms with Crippen LogP contribution in [-0.4, -0.2) is 21.5 Å². The van der Waals surface area contributed by atoms with Crippen LogP contribution in [0.15, 0.2) is 36.1 Å². The van der Waals surface area contributed by atoms with E-state index in [4.69, 9.17) is 13.9 Å². The molecule has 0 aromatic heterocycles. The molecule has 20 heavy (non-hydrogen) atoms. The molecule has 1 aromatic carbocycles. The molecule has 0 atom stereocenters. The average Bonchev–Trinajstić information content (AvgIpc) is 2.37. The zero-order valence-corrected chi connectivity index (χ0v) is 14.0. The molecule has 1 aliphatic heterocycles. The highest BCUT2D eigenvalue weighted by Crippen LogP contribution is 2.36. The molecule has 0 aliphatic carbocycles. The fourth-order valence-electron chi connectivity index (χ4n) is 1.63. The maximum Gasteiger partial charge on any atom is 0.192 e. The van der Waals surface area contributed by atoms with Gasteiger partial charge in [0.2, 0.25) is 0 Å². The van der Waals surface area contributed by atoms with Crippen LogP contribution in [0.5, 0.6) is 11.5 Å². The first-order valence-electron chi connectivity index (χ1n) is 7.02. The van der Waals surface area contributed by atoms with Crippen LogP contribution in [0.25, 0.3) is 0 Å². The Balaban J connectivity index is 1.95. The van der Waals surface area contributed by atoms with E-state index in [1.165, 1.54) is 0 Å². The SMILES string of the molecule is CC(C)(C)[Si](C)(C)OC/C=C1\COc2ccccc2O1. The summed E-state index contributed by atoms with van der Waals surface area (Å²) in [4.78, 5) is 0. The van der Waals surface area contributed by atoms with E-state index in [1.54, 1.807) is 0 Å². The highest BCUT2D eigenvalue weighted by atomic mass is 28.4. The number of rotatable bonds is 3. The van der Waals surface area contributed by atoms with Crippen molar-refractivity contribution in [3.63, 3.8) is 0 Å². The third-order valence-corrected chi connectivity index (χ3v) is 8.52. The van der Waals surface area contributed by atoms with Gasteiger partial charge in [-0.3, -0.25) is 0 Å². The second kappa shape index (κ2) is 5.62. The Morgan fingerprint density at radius 2 is 1.85 bits per heavy atom. The van der Waals surface area contributed by atoms with Crippen LogP contribution in [0.1, 0.15) is 20.8 Å². The van der Waals surface area contributed by atoms with Crippen molar-refractivity contribution in [3.8, 4) is 11.5 Å². The molecular weight excluding hydrogens is 268 g/mol. The molecule has 0 bridgehead atoms. The van der Waals surface area contributed by atoms with Crippen LogP contribution in [0.4, 0.5) is 0 Å². The number of ether oxygens (including phenoxy) is 2. The molecule has 0 saturated heterocycles. The minimum atomic E-state index is -1.70. The van der Waals surface area contributed by atoms with Gasteiger partial charge in [-0.2, -0.15) is 0 Å². The highest BCUT2D eigenvalue weighted by Gasteiger charge is 2.36. The Morgan fingerprint density at radius 1 is 1.20 bits per heavy atom. The van der Waals surface area contributed by atoms with Crippen LogP contribution in [0.3, 0.4) is 0 Å². The number of fused-ring (bicyclic) bond motifs is 1. The maximum absolute atomic E-state index is 6.11. The molecule has 1 aromatic rings.